The number of nitrogens with zero attached hydrogens (tertiary/aromatic N) is 1. The quantitative estimate of drug-likeness (QED) is 0.497. The Labute approximate surface area is 90.2 Å². The number of alkyl halides is 1. The molecular weight excluding hydrogens is 288 g/mol. The molecule has 0 spiro atoms. The van der Waals surface area contributed by atoms with Crippen molar-refractivity contribution in [2.75, 3.05) is 0 Å². The fraction of sp³-hybridized carbons (Fsp3) is 0.625. The number of ether oxygens (including phenoxy) is 1. The Bertz CT molecular complexity index is 253. The summed E-state index contributed by atoms with van der Waals surface area (Å²) in [7, 11) is 0. The van der Waals surface area contributed by atoms with E-state index in [-0.39, 0.29) is 10.2 Å². The molecule has 2 heterocycles. The van der Waals surface area contributed by atoms with Crippen molar-refractivity contribution in [3.05, 3.63) is 12.3 Å². The zero-order chi connectivity index (χ0) is 8.72. The highest BCUT2D eigenvalue weighted by molar-refractivity contribution is 14.1. The van der Waals surface area contributed by atoms with E-state index >= 15 is 0 Å². The van der Waals surface area contributed by atoms with Crippen molar-refractivity contribution in [1.29, 1.82) is 0 Å². The first-order valence-electron chi connectivity index (χ1n) is 3.89. The molecule has 1 fully saturated rings. The number of fused-ring (bicyclic) bond motifs is 1. The molecule has 0 radical (unpaired) electrons. The molecule has 1 saturated heterocycles. The third kappa shape index (κ3) is 1.32. The second-order valence-corrected chi connectivity index (χ2v) is 4.75. The number of hydrogen-bond donors (Lipinski definition) is 0. The summed E-state index contributed by atoms with van der Waals surface area (Å²) in [6, 6.07) is 0. The molecule has 0 bridgehead atoms. The Kier molecular flexibility index (Phi) is 2.44. The van der Waals surface area contributed by atoms with E-state index in [1.165, 1.54) is 0 Å². The molecule has 0 aliphatic carbocycles. The van der Waals surface area contributed by atoms with E-state index in [2.05, 4.69) is 40.6 Å². The van der Waals surface area contributed by atoms with E-state index in [0.717, 1.165) is 0 Å². The van der Waals surface area contributed by atoms with Crippen molar-refractivity contribution < 1.29 is 4.74 Å². The van der Waals surface area contributed by atoms with E-state index in [0.29, 0.717) is 17.0 Å². The number of rotatable bonds is 0. The van der Waals surface area contributed by atoms with Gasteiger partial charge in [0.2, 0.25) is 0 Å². The highest BCUT2D eigenvalue weighted by Crippen LogP contribution is 2.39. The maximum absolute atomic E-state index is 5.92. The van der Waals surface area contributed by atoms with Gasteiger partial charge in [-0.3, -0.25) is 0 Å². The summed E-state index contributed by atoms with van der Waals surface area (Å²) in [5.74, 6) is 0.938. The van der Waals surface area contributed by atoms with Crippen molar-refractivity contribution in [3.63, 3.8) is 0 Å². The van der Waals surface area contributed by atoms with Crippen molar-refractivity contribution in [2.24, 2.45) is 16.8 Å². The molecule has 4 atom stereocenters. The molecule has 4 heteroatoms. The van der Waals surface area contributed by atoms with Crippen LogP contribution in [0.5, 0.6) is 0 Å². The van der Waals surface area contributed by atoms with E-state index in [9.17, 15) is 0 Å². The van der Waals surface area contributed by atoms with Gasteiger partial charge >= 0.3 is 0 Å². The fourth-order valence-electron chi connectivity index (χ4n) is 1.58. The molecule has 0 saturated carbocycles. The molecule has 0 aromatic heterocycles. The first-order chi connectivity index (χ1) is 5.70. The van der Waals surface area contributed by atoms with Crippen LogP contribution in [0.15, 0.2) is 17.3 Å². The summed E-state index contributed by atoms with van der Waals surface area (Å²) in [5, 5.41) is 0.591. The van der Waals surface area contributed by atoms with Crippen molar-refractivity contribution in [3.8, 4) is 0 Å². The topological polar surface area (TPSA) is 21.6 Å². The second-order valence-electron chi connectivity index (χ2n) is 3.14. The van der Waals surface area contributed by atoms with Gasteiger partial charge < -0.3 is 4.74 Å². The third-order valence-electron chi connectivity index (χ3n) is 2.39. The van der Waals surface area contributed by atoms with Gasteiger partial charge in [0.05, 0.1) is 0 Å². The van der Waals surface area contributed by atoms with Crippen molar-refractivity contribution in [2.45, 2.75) is 17.1 Å². The molecule has 0 aromatic carbocycles. The lowest BCUT2D eigenvalue weighted by molar-refractivity contribution is 0.135. The first-order valence-corrected chi connectivity index (χ1v) is 5.52. The molecule has 2 aliphatic heterocycles. The van der Waals surface area contributed by atoms with Crippen molar-refractivity contribution in [1.82, 2.24) is 0 Å². The Morgan fingerprint density at radius 1 is 1.67 bits per heavy atom. The summed E-state index contributed by atoms with van der Waals surface area (Å²) >= 11 is 8.22. The Morgan fingerprint density at radius 3 is 3.08 bits per heavy atom. The normalized spacial score (nSPS) is 45.8. The van der Waals surface area contributed by atoms with Gasteiger partial charge in [-0.25, -0.2) is 4.99 Å². The average Bonchev–Trinajstić information content (AvgIpc) is 2.32. The summed E-state index contributed by atoms with van der Waals surface area (Å²) in [5.41, 5.74) is 0. The monoisotopic (exact) mass is 297 g/mol. The molecule has 2 rings (SSSR count). The highest BCUT2D eigenvalue weighted by atomic mass is 127. The van der Waals surface area contributed by atoms with Crippen LogP contribution in [0.2, 0.25) is 0 Å². The molecule has 66 valence electrons. The summed E-state index contributed by atoms with van der Waals surface area (Å²) in [4.78, 5) is 4.01. The lowest BCUT2D eigenvalue weighted by Crippen LogP contribution is -2.25. The van der Waals surface area contributed by atoms with Gasteiger partial charge in [-0.2, -0.15) is 0 Å². The first kappa shape index (κ1) is 8.97. The highest BCUT2D eigenvalue weighted by Gasteiger charge is 2.42. The zero-order valence-electron chi connectivity index (χ0n) is 6.58. The summed E-state index contributed by atoms with van der Waals surface area (Å²) < 4.78 is 5.92. The molecule has 12 heavy (non-hydrogen) atoms. The molecule has 0 aromatic rings. The third-order valence-corrected chi connectivity index (χ3v) is 4.13. The number of hydrogen-bond acceptors (Lipinski definition) is 2. The van der Waals surface area contributed by atoms with E-state index < -0.39 is 0 Å². The lowest BCUT2D eigenvalue weighted by atomic mass is 9.92. The summed E-state index contributed by atoms with van der Waals surface area (Å²) in [6.07, 6.45) is 3.87. The largest absolute Gasteiger partial charge is 0.356 e. The van der Waals surface area contributed by atoms with E-state index in [1.807, 2.05) is 0 Å². The van der Waals surface area contributed by atoms with Crippen LogP contribution < -0.4 is 0 Å². The molecule has 0 amide bonds. The van der Waals surface area contributed by atoms with Crippen LogP contribution in [-0.4, -0.2) is 15.4 Å². The average molecular weight is 298 g/mol. The van der Waals surface area contributed by atoms with E-state index in [1.54, 1.807) is 6.20 Å². The summed E-state index contributed by atoms with van der Waals surface area (Å²) in [6.45, 7) is 2.18. The standard InChI is InChI=1S/C8H9ClINO/c1-4-5-2-3-11-7(9)6(5)12-8(4)10/h2-6,8H,1H3. The van der Waals surface area contributed by atoms with Crippen LogP contribution in [0.3, 0.4) is 0 Å². The van der Waals surface area contributed by atoms with Gasteiger partial charge in [0.15, 0.2) is 0 Å². The molecule has 2 nitrogen and oxygen atoms in total. The van der Waals surface area contributed by atoms with Crippen LogP contribution in [-0.2, 0) is 4.74 Å². The van der Waals surface area contributed by atoms with Gasteiger partial charge in [0.25, 0.3) is 0 Å². The lowest BCUT2D eigenvalue weighted by Gasteiger charge is -2.17. The van der Waals surface area contributed by atoms with Gasteiger partial charge in [-0.1, -0.05) is 47.2 Å². The SMILES string of the molecule is CC1C(I)OC2C(Cl)=NC=CC21. The van der Waals surface area contributed by atoms with Crippen LogP contribution in [0, 0.1) is 11.8 Å². The van der Waals surface area contributed by atoms with Gasteiger partial charge in [-0.05, 0) is 0 Å². The Balaban J connectivity index is 2.26. The Hall–Kier alpha value is 0.390. The maximum Gasteiger partial charge on any atom is 0.135 e. The van der Waals surface area contributed by atoms with Crippen LogP contribution in [0.25, 0.3) is 0 Å². The van der Waals surface area contributed by atoms with Crippen molar-refractivity contribution >= 4 is 39.4 Å². The molecule has 0 N–H and O–H groups in total. The van der Waals surface area contributed by atoms with E-state index in [4.69, 9.17) is 16.3 Å². The minimum Gasteiger partial charge on any atom is -0.356 e. The predicted molar refractivity (Wildman–Crippen MR) is 57.8 cm³/mol. The minimum atomic E-state index is 0.00793. The second kappa shape index (κ2) is 3.27. The van der Waals surface area contributed by atoms with Gasteiger partial charge in [0, 0.05) is 18.0 Å². The zero-order valence-corrected chi connectivity index (χ0v) is 9.49. The van der Waals surface area contributed by atoms with Gasteiger partial charge in [0.1, 0.15) is 15.4 Å². The predicted octanol–water partition coefficient (Wildman–Crippen LogP) is 2.56. The maximum atomic E-state index is 5.92. The number of halogens is 2. The molecule has 4 unspecified atom stereocenters. The van der Waals surface area contributed by atoms with Gasteiger partial charge in [-0.15, -0.1) is 0 Å². The van der Waals surface area contributed by atoms with Crippen LogP contribution in [0.1, 0.15) is 6.92 Å². The minimum absolute atomic E-state index is 0.00793. The smallest absolute Gasteiger partial charge is 0.135 e. The molecular formula is C8H9ClINO. The van der Waals surface area contributed by atoms with Crippen LogP contribution >= 0.6 is 34.2 Å². The van der Waals surface area contributed by atoms with Crippen LogP contribution in [0.4, 0.5) is 0 Å². The fourth-order valence-corrected chi connectivity index (χ4v) is 2.63. The molecule has 2 aliphatic rings. The Morgan fingerprint density at radius 2 is 2.42 bits per heavy atom. The number of aliphatic imine (C=N–C) groups is 1.